The maximum Gasteiger partial charge on any atom is 0.118 e. The van der Waals surface area contributed by atoms with Crippen LogP contribution in [0, 0.1) is 0 Å². The molecule has 2 rings (SSSR count). The molecule has 0 bridgehead atoms. The van der Waals surface area contributed by atoms with Crippen molar-refractivity contribution in [3.8, 4) is 5.75 Å². The Morgan fingerprint density at radius 1 is 1.42 bits per heavy atom. The summed E-state index contributed by atoms with van der Waals surface area (Å²) in [5.41, 5.74) is 1.04. The van der Waals surface area contributed by atoms with Crippen LogP contribution in [-0.2, 0) is 4.74 Å². The molecule has 2 nitrogen and oxygen atoms in total. The number of hydrogen-bond acceptors (Lipinski definition) is 2. The van der Waals surface area contributed by atoms with Crippen LogP contribution >= 0.6 is 0 Å². The molecule has 1 aliphatic rings. The quantitative estimate of drug-likeness (QED) is 0.626. The van der Waals surface area contributed by atoms with Gasteiger partial charge < -0.3 is 9.47 Å². The van der Waals surface area contributed by atoms with Gasteiger partial charge in [0.2, 0.25) is 0 Å². The van der Waals surface area contributed by atoms with Crippen molar-refractivity contribution in [1.82, 2.24) is 0 Å². The smallest absolute Gasteiger partial charge is 0.118 e. The molecule has 1 saturated heterocycles. The summed E-state index contributed by atoms with van der Waals surface area (Å²) in [4.78, 5) is 0. The van der Waals surface area contributed by atoms with Crippen molar-refractivity contribution >= 4 is 0 Å². The maximum absolute atomic E-state index is 7.59. The van der Waals surface area contributed by atoms with Crippen LogP contribution in [0.4, 0.5) is 0 Å². The van der Waals surface area contributed by atoms with Crippen LogP contribution in [0.5, 0.6) is 5.75 Å². The van der Waals surface area contributed by atoms with Gasteiger partial charge in [0.05, 0.1) is 14.6 Å². The van der Waals surface area contributed by atoms with E-state index < -0.39 is 6.08 Å². The number of epoxide rings is 1. The van der Waals surface area contributed by atoms with Crippen molar-refractivity contribution < 1.29 is 10.8 Å². The predicted octanol–water partition coefficient (Wildman–Crippen LogP) is 2.16. The molecule has 0 aromatic heterocycles. The predicted molar refractivity (Wildman–Crippen MR) is 46.3 cm³/mol. The highest BCUT2D eigenvalue weighted by Gasteiger charge is 2.35. The Balaban J connectivity index is 2.16. The van der Waals surface area contributed by atoms with Gasteiger partial charge in [-0.15, -0.1) is 0 Å². The average Bonchev–Trinajstić information content (AvgIpc) is 2.76. The van der Waals surface area contributed by atoms with Crippen LogP contribution in [0.25, 0.3) is 0 Å². The minimum absolute atomic E-state index is 0.0709. The van der Waals surface area contributed by atoms with E-state index in [9.17, 15) is 0 Å². The Kier molecular flexibility index (Phi) is 1.51. The molecule has 1 fully saturated rings. The normalized spacial score (nSPS) is 34.2. The van der Waals surface area contributed by atoms with Gasteiger partial charge in [-0.05, 0) is 24.6 Å². The number of methoxy groups -OCH3 is 1. The molecule has 2 atom stereocenters. The summed E-state index contributed by atoms with van der Waals surface area (Å²) < 4.78 is 17.8. The zero-order valence-corrected chi connectivity index (χ0v) is 7.20. The van der Waals surface area contributed by atoms with E-state index in [2.05, 4.69) is 0 Å². The summed E-state index contributed by atoms with van der Waals surface area (Å²) in [6, 6.07) is 7.63. The van der Waals surface area contributed by atoms with Crippen LogP contribution in [0.1, 0.15) is 20.0 Å². The zero-order valence-electron chi connectivity index (χ0n) is 8.20. The number of ether oxygens (including phenoxy) is 2. The molecule has 0 radical (unpaired) electrons. The minimum atomic E-state index is -0.728. The van der Waals surface area contributed by atoms with Crippen molar-refractivity contribution in [2.45, 2.75) is 19.1 Å². The van der Waals surface area contributed by atoms with E-state index in [1.165, 1.54) is 0 Å². The molecule has 0 N–H and O–H groups in total. The fourth-order valence-corrected chi connectivity index (χ4v) is 1.23. The standard InChI is InChI=1S/C10H12O2/c1-7-10(12-7)8-3-5-9(11-2)6-4-8/h3-7,10H,1-2H3/t7-,10-/m0/s1/i7D. The van der Waals surface area contributed by atoms with Crippen LogP contribution in [-0.4, -0.2) is 13.2 Å². The van der Waals surface area contributed by atoms with Crippen molar-refractivity contribution in [2.24, 2.45) is 0 Å². The Morgan fingerprint density at radius 3 is 2.42 bits per heavy atom. The van der Waals surface area contributed by atoms with E-state index in [1.54, 1.807) is 14.0 Å². The van der Waals surface area contributed by atoms with E-state index in [0.29, 0.717) is 0 Å². The van der Waals surface area contributed by atoms with E-state index in [1.807, 2.05) is 24.3 Å². The lowest BCUT2D eigenvalue weighted by molar-refractivity contribution is 0.382. The molecule has 0 saturated carbocycles. The largest absolute Gasteiger partial charge is 0.497 e. The summed E-state index contributed by atoms with van der Waals surface area (Å²) in [5, 5.41) is 0. The van der Waals surface area contributed by atoms with E-state index >= 15 is 0 Å². The second kappa shape index (κ2) is 2.79. The first-order valence-electron chi connectivity index (χ1n) is 4.45. The van der Waals surface area contributed by atoms with E-state index in [0.717, 1.165) is 11.3 Å². The SMILES string of the molecule is [2H][C@@]1(C)O[C@@H]1c1ccc(OC)cc1. The summed E-state index contributed by atoms with van der Waals surface area (Å²) >= 11 is 0. The molecule has 0 amide bonds. The van der Waals surface area contributed by atoms with Gasteiger partial charge in [0.1, 0.15) is 11.9 Å². The number of hydrogen-bond donors (Lipinski definition) is 0. The van der Waals surface area contributed by atoms with Gasteiger partial charge in [-0.1, -0.05) is 12.1 Å². The van der Waals surface area contributed by atoms with Crippen LogP contribution in [0.15, 0.2) is 24.3 Å². The number of benzene rings is 1. The third-order valence-electron chi connectivity index (χ3n) is 2.03. The van der Waals surface area contributed by atoms with Crippen LogP contribution in [0.2, 0.25) is 0 Å². The first-order chi connectivity index (χ1) is 6.13. The Labute approximate surface area is 73.5 Å². The molecule has 0 aliphatic carbocycles. The second-order valence-corrected chi connectivity index (χ2v) is 2.88. The Morgan fingerprint density at radius 2 is 2.00 bits per heavy atom. The second-order valence-electron chi connectivity index (χ2n) is 2.88. The molecule has 2 heteroatoms. The third kappa shape index (κ3) is 1.30. The van der Waals surface area contributed by atoms with Crippen molar-refractivity contribution in [3.05, 3.63) is 29.8 Å². The lowest BCUT2D eigenvalue weighted by Crippen LogP contribution is -1.85. The summed E-state index contributed by atoms with van der Waals surface area (Å²) in [6.07, 6.45) is -0.799. The topological polar surface area (TPSA) is 21.8 Å². The minimum Gasteiger partial charge on any atom is -0.497 e. The van der Waals surface area contributed by atoms with Crippen molar-refractivity contribution in [2.75, 3.05) is 7.11 Å². The monoisotopic (exact) mass is 165 g/mol. The molecule has 1 heterocycles. The Hall–Kier alpha value is -1.02. The summed E-state index contributed by atoms with van der Waals surface area (Å²) in [7, 11) is 1.64. The highest BCUT2D eigenvalue weighted by Crippen LogP contribution is 2.38. The van der Waals surface area contributed by atoms with Gasteiger partial charge in [0, 0.05) is 0 Å². The fourth-order valence-electron chi connectivity index (χ4n) is 1.23. The molecule has 1 aromatic carbocycles. The average molecular weight is 165 g/mol. The molecule has 1 aliphatic heterocycles. The van der Waals surface area contributed by atoms with Gasteiger partial charge in [0.25, 0.3) is 0 Å². The Bertz CT molecular complexity index is 305. The molecule has 0 spiro atoms. The highest BCUT2D eigenvalue weighted by atomic mass is 16.6. The molecular weight excluding hydrogens is 152 g/mol. The third-order valence-corrected chi connectivity index (χ3v) is 2.03. The molecule has 0 unspecified atom stereocenters. The summed E-state index contributed by atoms with van der Waals surface area (Å²) in [6.45, 7) is 1.77. The van der Waals surface area contributed by atoms with E-state index in [-0.39, 0.29) is 6.10 Å². The molecule has 1 aromatic rings. The van der Waals surface area contributed by atoms with Gasteiger partial charge in [-0.25, -0.2) is 0 Å². The zero-order chi connectivity index (χ0) is 9.47. The van der Waals surface area contributed by atoms with Gasteiger partial charge in [-0.2, -0.15) is 0 Å². The van der Waals surface area contributed by atoms with Crippen LogP contribution < -0.4 is 4.74 Å². The first-order valence-corrected chi connectivity index (χ1v) is 3.95. The van der Waals surface area contributed by atoms with Gasteiger partial charge in [-0.3, -0.25) is 0 Å². The van der Waals surface area contributed by atoms with Gasteiger partial charge in [0.15, 0.2) is 0 Å². The molecule has 64 valence electrons. The fraction of sp³-hybridized carbons (Fsp3) is 0.400. The van der Waals surface area contributed by atoms with E-state index in [4.69, 9.17) is 10.8 Å². The lowest BCUT2D eigenvalue weighted by atomic mass is 10.1. The maximum atomic E-state index is 7.59. The lowest BCUT2D eigenvalue weighted by Gasteiger charge is -1.99. The van der Waals surface area contributed by atoms with Crippen molar-refractivity contribution in [1.29, 1.82) is 0 Å². The summed E-state index contributed by atoms with van der Waals surface area (Å²) in [5.74, 6) is 0.830. The number of rotatable bonds is 2. The van der Waals surface area contributed by atoms with Crippen LogP contribution in [0.3, 0.4) is 0 Å². The molecule has 12 heavy (non-hydrogen) atoms. The first kappa shape index (κ1) is 6.49. The molecular formula is C10H12O2. The highest BCUT2D eigenvalue weighted by molar-refractivity contribution is 5.30. The van der Waals surface area contributed by atoms with Crippen molar-refractivity contribution in [3.63, 3.8) is 0 Å². The van der Waals surface area contributed by atoms with Gasteiger partial charge >= 0.3 is 0 Å².